The summed E-state index contributed by atoms with van der Waals surface area (Å²) in [4.78, 5) is 18.1. The lowest BCUT2D eigenvalue weighted by molar-refractivity contribution is 0.506. The third-order valence-corrected chi connectivity index (χ3v) is 12.7. The van der Waals surface area contributed by atoms with Crippen LogP contribution in [0.25, 0.3) is 72.5 Å². The number of para-hydroxylation sites is 2. The maximum atomic E-state index is 6.84. The van der Waals surface area contributed by atoms with Gasteiger partial charge in [-0.15, -0.1) is 0 Å². The van der Waals surface area contributed by atoms with E-state index in [-0.39, 0.29) is 11.3 Å². The Kier molecular flexibility index (Phi) is 8.22. The van der Waals surface area contributed by atoms with E-state index in [4.69, 9.17) is 19.4 Å². The Morgan fingerprint density at radius 2 is 1.23 bits per heavy atom. The van der Waals surface area contributed by atoms with E-state index >= 15 is 0 Å². The third kappa shape index (κ3) is 5.75. The van der Waals surface area contributed by atoms with Crippen molar-refractivity contribution in [2.45, 2.75) is 31.6 Å². The molecule has 1 unspecified atom stereocenters. The van der Waals surface area contributed by atoms with E-state index in [1.807, 2.05) is 12.1 Å². The highest BCUT2D eigenvalue weighted by Gasteiger charge is 2.37. The molecule has 0 saturated heterocycles. The first-order valence-corrected chi connectivity index (χ1v) is 21.3. The number of anilines is 3. The first-order valence-electron chi connectivity index (χ1n) is 21.3. The van der Waals surface area contributed by atoms with E-state index in [1.54, 1.807) is 0 Å². The molecule has 10 aromatic rings. The normalized spacial score (nSPS) is 15.3. The fraction of sp³-hybridized carbons (Fsp3) is 0.0893. The minimum absolute atomic E-state index is 0.0623. The molecule has 0 saturated carbocycles. The summed E-state index contributed by atoms with van der Waals surface area (Å²) in [7, 11) is 0. The number of aromatic nitrogens is 4. The fourth-order valence-corrected chi connectivity index (χ4v) is 9.60. The monoisotopic (exact) mass is 799 g/mol. The summed E-state index contributed by atoms with van der Waals surface area (Å²) in [6, 6.07) is 60.3. The number of hydrogen-bond donors (Lipinski definition) is 0. The van der Waals surface area contributed by atoms with E-state index in [9.17, 15) is 0 Å². The number of fused-ring (bicyclic) bond motifs is 7. The zero-order chi connectivity index (χ0) is 41.4. The molecule has 296 valence electrons. The van der Waals surface area contributed by atoms with Crippen molar-refractivity contribution in [3.05, 3.63) is 211 Å². The summed E-state index contributed by atoms with van der Waals surface area (Å²) in [6.45, 7) is 4.69. The van der Waals surface area contributed by atoms with Crippen molar-refractivity contribution in [3.63, 3.8) is 0 Å². The molecular weight excluding hydrogens is 759 g/mol. The van der Waals surface area contributed by atoms with Crippen LogP contribution in [0, 0.1) is 0 Å². The van der Waals surface area contributed by atoms with Crippen molar-refractivity contribution in [1.29, 1.82) is 0 Å². The van der Waals surface area contributed by atoms with Crippen molar-refractivity contribution >= 4 is 50.0 Å². The van der Waals surface area contributed by atoms with Gasteiger partial charge in [0.05, 0.1) is 34.2 Å². The van der Waals surface area contributed by atoms with Crippen LogP contribution >= 0.6 is 0 Å². The summed E-state index contributed by atoms with van der Waals surface area (Å²) in [6.07, 6.45) is 9.33. The molecule has 6 heteroatoms. The molecule has 62 heavy (non-hydrogen) atoms. The molecular formula is C56H41N5O. The van der Waals surface area contributed by atoms with Gasteiger partial charge < -0.3 is 9.32 Å². The summed E-state index contributed by atoms with van der Waals surface area (Å²) in [5.41, 5.74) is 15.3. The predicted octanol–water partition coefficient (Wildman–Crippen LogP) is 14.4. The predicted molar refractivity (Wildman–Crippen MR) is 253 cm³/mol. The van der Waals surface area contributed by atoms with Crippen LogP contribution in [0.1, 0.15) is 43.2 Å². The van der Waals surface area contributed by atoms with Gasteiger partial charge in [-0.25, -0.2) is 15.0 Å². The first-order chi connectivity index (χ1) is 30.5. The maximum absolute atomic E-state index is 6.84. The molecule has 1 aliphatic carbocycles. The van der Waals surface area contributed by atoms with Crippen LogP contribution in [0.2, 0.25) is 0 Å². The van der Waals surface area contributed by atoms with Gasteiger partial charge in [-0.1, -0.05) is 147 Å². The Balaban J connectivity index is 1.09. The highest BCUT2D eigenvalue weighted by molar-refractivity contribution is 6.17. The lowest BCUT2D eigenvalue weighted by Crippen LogP contribution is -2.30. The van der Waals surface area contributed by atoms with E-state index in [0.29, 0.717) is 11.8 Å². The zero-order valence-corrected chi connectivity index (χ0v) is 34.4. The number of hydrogen-bond acceptors (Lipinski definition) is 5. The Morgan fingerprint density at radius 1 is 0.565 bits per heavy atom. The maximum Gasteiger partial charge on any atom is 0.235 e. The van der Waals surface area contributed by atoms with E-state index < -0.39 is 0 Å². The van der Waals surface area contributed by atoms with Gasteiger partial charge in [0.2, 0.25) is 11.8 Å². The molecule has 0 bridgehead atoms. The van der Waals surface area contributed by atoms with Crippen LogP contribution in [0.15, 0.2) is 199 Å². The molecule has 6 nitrogen and oxygen atoms in total. The number of oxazole rings is 1. The Hall–Kier alpha value is -7.83. The molecule has 1 aliphatic heterocycles. The third-order valence-electron chi connectivity index (χ3n) is 12.7. The Bertz CT molecular complexity index is 3360. The van der Waals surface area contributed by atoms with Crippen molar-refractivity contribution < 1.29 is 4.42 Å². The van der Waals surface area contributed by atoms with Gasteiger partial charge >= 0.3 is 0 Å². The molecule has 2 aliphatic rings. The SMILES string of the molecule is CC1(C)c2ccccc2N(c2ccccc2)c2ccc(-c3ccc4c(c3)c3ccc5nc(C6C=CC=CC6)oc5c3n4-c3nc(-c4ccccc4)cc(-c4ccccc4)n3)cc21. The Labute approximate surface area is 359 Å². The van der Waals surface area contributed by atoms with Gasteiger partial charge in [-0.3, -0.25) is 4.57 Å². The Morgan fingerprint density at radius 3 is 1.95 bits per heavy atom. The molecule has 7 aromatic carbocycles. The molecule has 12 rings (SSSR count). The second kappa shape index (κ2) is 14.1. The second-order valence-electron chi connectivity index (χ2n) is 16.8. The fourth-order valence-electron chi connectivity index (χ4n) is 9.60. The summed E-state index contributed by atoms with van der Waals surface area (Å²) in [5, 5.41) is 2.13. The van der Waals surface area contributed by atoms with Gasteiger partial charge in [0.25, 0.3) is 0 Å². The highest BCUT2D eigenvalue weighted by atomic mass is 16.3. The second-order valence-corrected chi connectivity index (χ2v) is 16.8. The van der Waals surface area contributed by atoms with Gasteiger partial charge in [-0.2, -0.15) is 0 Å². The zero-order valence-electron chi connectivity index (χ0n) is 34.4. The lowest BCUT2D eigenvalue weighted by atomic mass is 9.73. The van der Waals surface area contributed by atoms with Gasteiger partial charge in [0.15, 0.2) is 5.58 Å². The molecule has 0 N–H and O–H groups in total. The average molecular weight is 800 g/mol. The standard InChI is InChI=1S/C56H41N5O/c1-56(2)44-25-15-16-26-50(44)60(41-23-13-6-14-24-41)51-32-28-40(34-45(51)56)39-27-31-49-43(33-39)42-29-30-46-53(62-54(57-46)38-21-11-5-12-22-38)52(42)61(49)55-58-47(36-17-7-3-8-18-36)35-48(59-55)37-19-9-4-10-20-37/h3-21,23-35,38H,22H2,1-2H3. The van der Waals surface area contributed by atoms with Gasteiger partial charge in [0, 0.05) is 33.0 Å². The molecule has 0 radical (unpaired) electrons. The van der Waals surface area contributed by atoms with Crippen LogP contribution < -0.4 is 4.90 Å². The summed E-state index contributed by atoms with van der Waals surface area (Å²) in [5.74, 6) is 1.34. The molecule has 4 heterocycles. The molecule has 0 amide bonds. The summed E-state index contributed by atoms with van der Waals surface area (Å²) >= 11 is 0. The van der Waals surface area contributed by atoms with Gasteiger partial charge in [0.1, 0.15) is 11.0 Å². The molecule has 1 atom stereocenters. The largest absolute Gasteiger partial charge is 0.438 e. The number of allylic oxidation sites excluding steroid dienone is 4. The minimum Gasteiger partial charge on any atom is -0.438 e. The molecule has 0 fully saturated rings. The first kappa shape index (κ1) is 36.1. The lowest BCUT2D eigenvalue weighted by Gasteiger charge is -2.42. The number of rotatable bonds is 6. The van der Waals surface area contributed by atoms with Crippen LogP contribution in [0.4, 0.5) is 17.1 Å². The van der Waals surface area contributed by atoms with Crippen molar-refractivity contribution in [2.24, 2.45) is 0 Å². The van der Waals surface area contributed by atoms with E-state index in [2.05, 4.69) is 205 Å². The van der Waals surface area contributed by atoms with Crippen molar-refractivity contribution in [1.82, 2.24) is 19.5 Å². The topological polar surface area (TPSA) is 60.0 Å². The molecule has 0 spiro atoms. The van der Waals surface area contributed by atoms with E-state index in [1.165, 1.54) is 22.5 Å². The van der Waals surface area contributed by atoms with Crippen LogP contribution in [-0.4, -0.2) is 19.5 Å². The average Bonchev–Trinajstić information content (AvgIpc) is 3.92. The van der Waals surface area contributed by atoms with Gasteiger partial charge in [-0.05, 0) is 89.3 Å². The summed E-state index contributed by atoms with van der Waals surface area (Å²) < 4.78 is 9.03. The number of benzene rings is 7. The van der Waals surface area contributed by atoms with Crippen molar-refractivity contribution in [3.8, 4) is 39.6 Å². The highest BCUT2D eigenvalue weighted by Crippen LogP contribution is 2.52. The molecule has 3 aromatic heterocycles. The minimum atomic E-state index is -0.232. The van der Waals surface area contributed by atoms with Crippen LogP contribution in [0.3, 0.4) is 0 Å². The van der Waals surface area contributed by atoms with E-state index in [0.717, 1.165) is 78.7 Å². The smallest absolute Gasteiger partial charge is 0.235 e. The van der Waals surface area contributed by atoms with Crippen LogP contribution in [-0.2, 0) is 5.41 Å². The number of nitrogens with zero attached hydrogens (tertiary/aromatic N) is 5. The quantitative estimate of drug-likeness (QED) is 0.168. The van der Waals surface area contributed by atoms with Crippen LogP contribution in [0.5, 0.6) is 0 Å². The van der Waals surface area contributed by atoms with Crippen molar-refractivity contribution in [2.75, 3.05) is 4.90 Å².